The number of ketones is 1. The van der Waals surface area contributed by atoms with Crippen LogP contribution < -0.4 is 5.73 Å². The monoisotopic (exact) mass is 274 g/mol. The summed E-state index contributed by atoms with van der Waals surface area (Å²) in [6.07, 6.45) is 2.63. The standard InChI is InChI=1S/C16H22N2O2/c1-3-12-6-8-13(9-7-12)15(19)11(2)18-10-4-5-14(18)16(17)20/h6-9,11,14H,3-5,10H2,1-2H3,(H2,17,20). The molecule has 0 aromatic heterocycles. The maximum absolute atomic E-state index is 12.5. The molecular formula is C16H22N2O2. The van der Waals surface area contributed by atoms with Crippen molar-refractivity contribution in [2.75, 3.05) is 6.54 Å². The third-order valence-corrected chi connectivity index (χ3v) is 4.15. The van der Waals surface area contributed by atoms with E-state index in [1.165, 1.54) is 5.56 Å². The number of carbonyl (C=O) groups excluding carboxylic acids is 2. The minimum absolute atomic E-state index is 0.0563. The molecule has 1 aliphatic rings. The molecule has 4 heteroatoms. The van der Waals surface area contributed by atoms with Crippen molar-refractivity contribution in [3.63, 3.8) is 0 Å². The van der Waals surface area contributed by atoms with Crippen LogP contribution in [0.25, 0.3) is 0 Å². The molecule has 1 fully saturated rings. The van der Waals surface area contributed by atoms with Crippen molar-refractivity contribution in [1.82, 2.24) is 4.90 Å². The number of hydrogen-bond donors (Lipinski definition) is 1. The van der Waals surface area contributed by atoms with Crippen LogP contribution in [-0.4, -0.2) is 35.2 Å². The third-order valence-electron chi connectivity index (χ3n) is 4.15. The summed E-state index contributed by atoms with van der Waals surface area (Å²) in [5.74, 6) is -0.274. The van der Waals surface area contributed by atoms with Crippen LogP contribution in [0.4, 0.5) is 0 Å². The summed E-state index contributed by atoms with van der Waals surface area (Å²) in [7, 11) is 0. The minimum atomic E-state index is -0.330. The topological polar surface area (TPSA) is 63.4 Å². The van der Waals surface area contributed by atoms with Crippen molar-refractivity contribution in [1.29, 1.82) is 0 Å². The molecule has 0 aliphatic carbocycles. The van der Waals surface area contributed by atoms with Crippen LogP contribution in [-0.2, 0) is 11.2 Å². The molecule has 1 amide bonds. The number of Topliss-reactive ketones (excluding diaryl/α,β-unsaturated/α-hetero) is 1. The van der Waals surface area contributed by atoms with Crippen LogP contribution >= 0.6 is 0 Å². The number of aryl methyl sites for hydroxylation is 1. The predicted molar refractivity (Wildman–Crippen MR) is 78.5 cm³/mol. The number of benzene rings is 1. The number of nitrogens with zero attached hydrogens (tertiary/aromatic N) is 1. The Bertz CT molecular complexity index is 496. The van der Waals surface area contributed by atoms with Gasteiger partial charge in [-0.3, -0.25) is 14.5 Å². The van der Waals surface area contributed by atoms with Gasteiger partial charge >= 0.3 is 0 Å². The summed E-state index contributed by atoms with van der Waals surface area (Å²) >= 11 is 0. The highest BCUT2D eigenvalue weighted by atomic mass is 16.1. The smallest absolute Gasteiger partial charge is 0.234 e. The predicted octanol–water partition coefficient (Wildman–Crippen LogP) is 1.77. The van der Waals surface area contributed by atoms with Gasteiger partial charge in [0.25, 0.3) is 0 Å². The normalized spacial score (nSPS) is 20.8. The zero-order valence-corrected chi connectivity index (χ0v) is 12.1. The van der Waals surface area contributed by atoms with Crippen LogP contribution in [0, 0.1) is 0 Å². The van der Waals surface area contributed by atoms with Crippen molar-refractivity contribution in [2.45, 2.75) is 45.2 Å². The summed E-state index contributed by atoms with van der Waals surface area (Å²) in [5, 5.41) is 0. The molecule has 1 saturated heterocycles. The van der Waals surface area contributed by atoms with Gasteiger partial charge < -0.3 is 5.73 Å². The van der Waals surface area contributed by atoms with Gasteiger partial charge in [-0.2, -0.15) is 0 Å². The summed E-state index contributed by atoms with van der Waals surface area (Å²) in [6, 6.07) is 7.09. The lowest BCUT2D eigenvalue weighted by Crippen LogP contribution is -2.47. The molecule has 1 heterocycles. The average molecular weight is 274 g/mol. The highest BCUT2D eigenvalue weighted by molar-refractivity contribution is 6.00. The highest BCUT2D eigenvalue weighted by Crippen LogP contribution is 2.22. The fourth-order valence-electron chi connectivity index (χ4n) is 2.85. The van der Waals surface area contributed by atoms with Gasteiger partial charge in [-0.1, -0.05) is 31.2 Å². The maximum Gasteiger partial charge on any atom is 0.234 e. The van der Waals surface area contributed by atoms with E-state index in [9.17, 15) is 9.59 Å². The van der Waals surface area contributed by atoms with E-state index < -0.39 is 0 Å². The SMILES string of the molecule is CCc1ccc(C(=O)C(C)N2CCCC2C(N)=O)cc1. The van der Waals surface area contributed by atoms with Crippen molar-refractivity contribution in [3.05, 3.63) is 35.4 Å². The van der Waals surface area contributed by atoms with Crippen LogP contribution in [0.3, 0.4) is 0 Å². The van der Waals surface area contributed by atoms with E-state index >= 15 is 0 Å². The second kappa shape index (κ2) is 6.18. The van der Waals surface area contributed by atoms with Gasteiger partial charge in [0, 0.05) is 5.56 Å². The van der Waals surface area contributed by atoms with Crippen LogP contribution in [0.1, 0.15) is 42.6 Å². The van der Waals surface area contributed by atoms with Crippen LogP contribution in [0.5, 0.6) is 0 Å². The first-order valence-electron chi connectivity index (χ1n) is 7.22. The van der Waals surface area contributed by atoms with Gasteiger partial charge in [-0.25, -0.2) is 0 Å². The van der Waals surface area contributed by atoms with Crippen molar-refractivity contribution in [3.8, 4) is 0 Å². The molecular weight excluding hydrogens is 252 g/mol. The molecule has 2 unspecified atom stereocenters. The average Bonchev–Trinajstić information content (AvgIpc) is 2.95. The lowest BCUT2D eigenvalue weighted by Gasteiger charge is -2.27. The largest absolute Gasteiger partial charge is 0.368 e. The summed E-state index contributed by atoms with van der Waals surface area (Å²) in [5.41, 5.74) is 7.32. The van der Waals surface area contributed by atoms with Crippen molar-refractivity contribution in [2.24, 2.45) is 5.73 Å². The van der Waals surface area contributed by atoms with E-state index in [0.29, 0.717) is 5.56 Å². The Morgan fingerprint density at radius 2 is 2.00 bits per heavy atom. The molecule has 1 aromatic rings. The van der Waals surface area contributed by atoms with E-state index in [1.807, 2.05) is 36.1 Å². The zero-order valence-electron chi connectivity index (χ0n) is 12.1. The van der Waals surface area contributed by atoms with Crippen molar-refractivity contribution >= 4 is 11.7 Å². The number of nitrogens with two attached hydrogens (primary N) is 1. The van der Waals surface area contributed by atoms with Gasteiger partial charge in [-0.05, 0) is 38.3 Å². The molecule has 2 N–H and O–H groups in total. The minimum Gasteiger partial charge on any atom is -0.368 e. The molecule has 20 heavy (non-hydrogen) atoms. The molecule has 2 rings (SSSR count). The Morgan fingerprint density at radius 1 is 1.35 bits per heavy atom. The Labute approximate surface area is 119 Å². The summed E-state index contributed by atoms with van der Waals surface area (Å²) in [4.78, 5) is 25.9. The van der Waals surface area contributed by atoms with Gasteiger partial charge in [0.2, 0.25) is 5.91 Å². The van der Waals surface area contributed by atoms with E-state index in [-0.39, 0.29) is 23.8 Å². The van der Waals surface area contributed by atoms with E-state index in [1.54, 1.807) is 0 Å². The highest BCUT2D eigenvalue weighted by Gasteiger charge is 2.35. The maximum atomic E-state index is 12.5. The first kappa shape index (κ1) is 14.7. The Morgan fingerprint density at radius 3 is 2.55 bits per heavy atom. The molecule has 1 aliphatic heterocycles. The Balaban J connectivity index is 2.13. The van der Waals surface area contributed by atoms with E-state index in [0.717, 1.165) is 25.8 Å². The number of likely N-dealkylation sites (tertiary alicyclic amines) is 1. The summed E-state index contributed by atoms with van der Waals surface area (Å²) < 4.78 is 0. The second-order valence-electron chi connectivity index (χ2n) is 5.39. The summed E-state index contributed by atoms with van der Waals surface area (Å²) in [6.45, 7) is 4.70. The molecule has 4 nitrogen and oxygen atoms in total. The van der Waals surface area contributed by atoms with Gasteiger partial charge in [0.05, 0.1) is 12.1 Å². The quantitative estimate of drug-likeness (QED) is 0.832. The first-order chi connectivity index (χ1) is 9.54. The number of rotatable bonds is 5. The number of hydrogen-bond acceptors (Lipinski definition) is 3. The molecule has 2 atom stereocenters. The molecule has 108 valence electrons. The van der Waals surface area contributed by atoms with Crippen LogP contribution in [0.15, 0.2) is 24.3 Å². The third kappa shape index (κ3) is 2.90. The fraction of sp³-hybridized carbons (Fsp3) is 0.500. The first-order valence-corrected chi connectivity index (χ1v) is 7.22. The van der Waals surface area contributed by atoms with E-state index in [4.69, 9.17) is 5.73 Å². The van der Waals surface area contributed by atoms with Crippen LogP contribution in [0.2, 0.25) is 0 Å². The van der Waals surface area contributed by atoms with Gasteiger partial charge in [-0.15, -0.1) is 0 Å². The second-order valence-corrected chi connectivity index (χ2v) is 5.39. The number of primary amides is 1. The number of amides is 1. The molecule has 0 spiro atoms. The van der Waals surface area contributed by atoms with E-state index in [2.05, 4.69) is 6.92 Å². The Kier molecular flexibility index (Phi) is 4.55. The molecule has 0 bridgehead atoms. The lowest BCUT2D eigenvalue weighted by molar-refractivity contribution is -0.122. The number of carbonyl (C=O) groups is 2. The van der Waals surface area contributed by atoms with Gasteiger partial charge in [0.1, 0.15) is 0 Å². The Hall–Kier alpha value is -1.68. The van der Waals surface area contributed by atoms with Gasteiger partial charge in [0.15, 0.2) is 5.78 Å². The fourth-order valence-corrected chi connectivity index (χ4v) is 2.85. The molecule has 0 saturated carbocycles. The lowest BCUT2D eigenvalue weighted by atomic mass is 10.0. The molecule has 0 radical (unpaired) electrons. The molecule has 1 aromatic carbocycles. The zero-order chi connectivity index (χ0) is 14.7. The van der Waals surface area contributed by atoms with Crippen molar-refractivity contribution < 1.29 is 9.59 Å².